The third-order valence-electron chi connectivity index (χ3n) is 3.24. The molecule has 0 unspecified atom stereocenters. The molecule has 1 heterocycles. The number of hydrogen-bond acceptors (Lipinski definition) is 3. The van der Waals surface area contributed by atoms with Crippen LogP contribution in [0.25, 0.3) is 21.9 Å². The van der Waals surface area contributed by atoms with E-state index < -0.39 is 11.2 Å². The van der Waals surface area contributed by atoms with E-state index in [1.807, 2.05) is 0 Å². The fourth-order valence-corrected chi connectivity index (χ4v) is 2.31. The maximum Gasteiger partial charge on any atom is 0.203 e. The van der Waals surface area contributed by atoms with E-state index >= 15 is 0 Å². The molecular formula is C16H11FO3. The van der Waals surface area contributed by atoms with E-state index in [2.05, 4.69) is 6.58 Å². The number of phenols is 1. The highest BCUT2D eigenvalue weighted by molar-refractivity contribution is 5.92. The van der Waals surface area contributed by atoms with Crippen LogP contribution in [0.15, 0.2) is 52.2 Å². The molecule has 4 heteroatoms. The Morgan fingerprint density at radius 1 is 1.30 bits per heavy atom. The SMILES string of the molecule is C=CCc1c(O)ccc2c(=O)c3c(F)cccc3oc12. The number of phenolic OH excluding ortho intramolecular Hbond substituents is 1. The van der Waals surface area contributed by atoms with Crippen LogP contribution >= 0.6 is 0 Å². The summed E-state index contributed by atoms with van der Waals surface area (Å²) in [5.74, 6) is -0.590. The van der Waals surface area contributed by atoms with Gasteiger partial charge in [-0.1, -0.05) is 12.1 Å². The van der Waals surface area contributed by atoms with Crippen molar-refractivity contribution in [3.8, 4) is 5.75 Å². The largest absolute Gasteiger partial charge is 0.508 e. The van der Waals surface area contributed by atoms with Crippen LogP contribution in [0.4, 0.5) is 4.39 Å². The van der Waals surface area contributed by atoms with Crippen molar-refractivity contribution < 1.29 is 13.9 Å². The van der Waals surface area contributed by atoms with E-state index in [-0.39, 0.29) is 27.7 Å². The number of halogens is 1. The Labute approximate surface area is 113 Å². The van der Waals surface area contributed by atoms with Gasteiger partial charge in [-0.05, 0) is 30.7 Å². The molecule has 0 aliphatic carbocycles. The van der Waals surface area contributed by atoms with Crippen LogP contribution in [0.2, 0.25) is 0 Å². The second kappa shape index (κ2) is 4.49. The van der Waals surface area contributed by atoms with Crippen molar-refractivity contribution in [3.63, 3.8) is 0 Å². The molecule has 3 rings (SSSR count). The van der Waals surface area contributed by atoms with Crippen molar-refractivity contribution in [1.82, 2.24) is 0 Å². The van der Waals surface area contributed by atoms with Gasteiger partial charge < -0.3 is 9.52 Å². The molecule has 0 saturated heterocycles. The maximum atomic E-state index is 13.8. The normalized spacial score (nSPS) is 11.1. The van der Waals surface area contributed by atoms with Gasteiger partial charge in [-0.2, -0.15) is 0 Å². The molecule has 0 fully saturated rings. The first kappa shape index (κ1) is 12.4. The second-order valence-corrected chi connectivity index (χ2v) is 4.48. The average molecular weight is 270 g/mol. The average Bonchev–Trinajstić information content (AvgIpc) is 2.42. The lowest BCUT2D eigenvalue weighted by molar-refractivity contribution is 0.469. The Balaban J connectivity index is 2.56. The smallest absolute Gasteiger partial charge is 0.203 e. The van der Waals surface area contributed by atoms with E-state index in [1.54, 1.807) is 6.08 Å². The van der Waals surface area contributed by atoms with E-state index in [4.69, 9.17) is 4.42 Å². The summed E-state index contributed by atoms with van der Waals surface area (Å²) in [6, 6.07) is 7.07. The zero-order chi connectivity index (χ0) is 14.3. The summed E-state index contributed by atoms with van der Waals surface area (Å²) in [5.41, 5.74) is 0.469. The summed E-state index contributed by atoms with van der Waals surface area (Å²) in [7, 11) is 0. The van der Waals surface area contributed by atoms with Crippen LogP contribution in [-0.4, -0.2) is 5.11 Å². The lowest BCUT2D eigenvalue weighted by atomic mass is 10.0. The monoisotopic (exact) mass is 270 g/mol. The van der Waals surface area contributed by atoms with Crippen molar-refractivity contribution in [1.29, 1.82) is 0 Å². The standard InChI is InChI=1S/C16H11FO3/c1-2-4-9-12(18)8-7-10-15(19)14-11(17)5-3-6-13(14)20-16(9)10/h2-3,5-8,18H,1,4H2. The van der Waals surface area contributed by atoms with Crippen molar-refractivity contribution >= 4 is 21.9 Å². The Kier molecular flexibility index (Phi) is 2.79. The van der Waals surface area contributed by atoms with Gasteiger partial charge in [0.25, 0.3) is 0 Å². The molecule has 0 amide bonds. The summed E-state index contributed by atoms with van der Waals surface area (Å²) < 4.78 is 19.4. The highest BCUT2D eigenvalue weighted by atomic mass is 19.1. The molecule has 2 aromatic carbocycles. The molecule has 0 aliphatic heterocycles. The van der Waals surface area contributed by atoms with Gasteiger partial charge in [0.05, 0.1) is 5.39 Å². The van der Waals surface area contributed by atoms with Crippen molar-refractivity contribution in [2.24, 2.45) is 0 Å². The fourth-order valence-electron chi connectivity index (χ4n) is 2.31. The van der Waals surface area contributed by atoms with Gasteiger partial charge in [0, 0.05) is 5.56 Å². The van der Waals surface area contributed by atoms with Gasteiger partial charge in [-0.3, -0.25) is 4.79 Å². The number of allylic oxidation sites excluding steroid dienone is 1. The minimum atomic E-state index is -0.614. The number of rotatable bonds is 2. The van der Waals surface area contributed by atoms with Crippen LogP contribution < -0.4 is 5.43 Å². The van der Waals surface area contributed by atoms with E-state index in [9.17, 15) is 14.3 Å². The van der Waals surface area contributed by atoms with Crippen molar-refractivity contribution in [2.75, 3.05) is 0 Å². The summed E-state index contributed by atoms with van der Waals surface area (Å²) >= 11 is 0. The first-order chi connectivity index (χ1) is 9.63. The Morgan fingerprint density at radius 3 is 2.85 bits per heavy atom. The highest BCUT2D eigenvalue weighted by Gasteiger charge is 2.15. The Hall–Kier alpha value is -2.62. The molecule has 0 spiro atoms. The van der Waals surface area contributed by atoms with E-state index in [0.717, 1.165) is 0 Å². The second-order valence-electron chi connectivity index (χ2n) is 4.48. The van der Waals surface area contributed by atoms with Gasteiger partial charge >= 0.3 is 0 Å². The number of fused-ring (bicyclic) bond motifs is 2. The van der Waals surface area contributed by atoms with Crippen LogP contribution in [0.1, 0.15) is 5.56 Å². The molecule has 0 bridgehead atoms. The number of benzene rings is 2. The van der Waals surface area contributed by atoms with Crippen molar-refractivity contribution in [3.05, 3.63) is 64.6 Å². The van der Waals surface area contributed by atoms with Gasteiger partial charge in [0.15, 0.2) is 0 Å². The number of aromatic hydroxyl groups is 1. The minimum absolute atomic E-state index is 0.0244. The Bertz CT molecular complexity index is 893. The van der Waals surface area contributed by atoms with E-state index in [0.29, 0.717) is 12.0 Å². The predicted octanol–water partition coefficient (Wildman–Crippen LogP) is 3.52. The molecule has 1 aromatic heterocycles. The summed E-state index contributed by atoms with van der Waals surface area (Å²) in [6.07, 6.45) is 1.96. The van der Waals surface area contributed by atoms with Gasteiger partial charge in [-0.15, -0.1) is 6.58 Å². The molecule has 3 aromatic rings. The molecule has 0 radical (unpaired) electrons. The molecular weight excluding hydrogens is 259 g/mol. The summed E-state index contributed by atoms with van der Waals surface area (Å²) in [6.45, 7) is 3.61. The maximum absolute atomic E-state index is 13.8. The van der Waals surface area contributed by atoms with Gasteiger partial charge in [0.1, 0.15) is 28.1 Å². The summed E-state index contributed by atoms with van der Waals surface area (Å²) in [5, 5.41) is 10.0. The first-order valence-corrected chi connectivity index (χ1v) is 6.10. The summed E-state index contributed by atoms with van der Waals surface area (Å²) in [4.78, 5) is 12.4. The van der Waals surface area contributed by atoms with Crippen LogP contribution in [0.5, 0.6) is 5.75 Å². The topological polar surface area (TPSA) is 50.4 Å². The van der Waals surface area contributed by atoms with Gasteiger partial charge in [-0.25, -0.2) is 4.39 Å². The Morgan fingerprint density at radius 2 is 2.10 bits per heavy atom. The minimum Gasteiger partial charge on any atom is -0.508 e. The zero-order valence-electron chi connectivity index (χ0n) is 10.5. The molecule has 0 atom stereocenters. The highest BCUT2D eigenvalue weighted by Crippen LogP contribution is 2.29. The van der Waals surface area contributed by atoms with Crippen LogP contribution in [0, 0.1) is 5.82 Å². The molecule has 1 N–H and O–H groups in total. The lowest BCUT2D eigenvalue weighted by Gasteiger charge is -2.07. The number of hydrogen-bond donors (Lipinski definition) is 1. The van der Waals surface area contributed by atoms with E-state index in [1.165, 1.54) is 30.3 Å². The molecule has 3 nitrogen and oxygen atoms in total. The molecule has 0 aliphatic rings. The first-order valence-electron chi connectivity index (χ1n) is 6.10. The third-order valence-corrected chi connectivity index (χ3v) is 3.24. The van der Waals surface area contributed by atoms with Gasteiger partial charge in [0.2, 0.25) is 5.43 Å². The molecule has 20 heavy (non-hydrogen) atoms. The van der Waals surface area contributed by atoms with Crippen LogP contribution in [0.3, 0.4) is 0 Å². The van der Waals surface area contributed by atoms with Crippen molar-refractivity contribution in [2.45, 2.75) is 6.42 Å². The predicted molar refractivity (Wildman–Crippen MR) is 75.5 cm³/mol. The molecule has 0 saturated carbocycles. The quantitative estimate of drug-likeness (QED) is 0.572. The zero-order valence-corrected chi connectivity index (χ0v) is 10.5. The van der Waals surface area contributed by atoms with Crippen LogP contribution in [-0.2, 0) is 6.42 Å². The fraction of sp³-hybridized carbons (Fsp3) is 0.0625. The lowest BCUT2D eigenvalue weighted by Crippen LogP contribution is -2.05. The third kappa shape index (κ3) is 1.69. The molecule has 100 valence electrons.